The van der Waals surface area contributed by atoms with Crippen LogP contribution in [-0.4, -0.2) is 27.2 Å². The summed E-state index contributed by atoms with van der Waals surface area (Å²) < 4.78 is 42.9. The van der Waals surface area contributed by atoms with E-state index < -0.39 is 18.1 Å². The van der Waals surface area contributed by atoms with E-state index in [-0.39, 0.29) is 12.2 Å². The number of anilines is 1. The zero-order chi connectivity index (χ0) is 19.3. The largest absolute Gasteiger partial charge is 0.573 e. The van der Waals surface area contributed by atoms with E-state index in [4.69, 9.17) is 0 Å². The molecule has 0 fully saturated rings. The van der Waals surface area contributed by atoms with Crippen molar-refractivity contribution in [2.75, 3.05) is 5.32 Å². The summed E-state index contributed by atoms with van der Waals surface area (Å²) >= 11 is 0. The van der Waals surface area contributed by atoms with E-state index in [1.165, 1.54) is 24.5 Å². The number of alkyl halides is 3. The fourth-order valence-electron chi connectivity index (χ4n) is 2.29. The number of hydrogen-bond acceptors (Lipinski definition) is 4. The van der Waals surface area contributed by atoms with Gasteiger partial charge in [0.25, 0.3) is 0 Å². The Bertz CT molecular complexity index is 912. The summed E-state index contributed by atoms with van der Waals surface area (Å²) in [5.74, 6) is -0.0521. The number of hydrogen-bond donors (Lipinski definition) is 2. The summed E-state index contributed by atoms with van der Waals surface area (Å²) in [5, 5.41) is 12.6. The third kappa shape index (κ3) is 4.97. The molecule has 27 heavy (non-hydrogen) atoms. The van der Waals surface area contributed by atoms with Crippen LogP contribution in [0.25, 0.3) is 5.69 Å². The van der Waals surface area contributed by atoms with Crippen LogP contribution in [0.1, 0.15) is 5.82 Å². The summed E-state index contributed by atoms with van der Waals surface area (Å²) in [6, 6.07) is 13.8. The van der Waals surface area contributed by atoms with Crippen molar-refractivity contribution in [3.05, 3.63) is 66.7 Å². The van der Waals surface area contributed by atoms with Crippen molar-refractivity contribution in [3.8, 4) is 11.4 Å². The minimum Gasteiger partial charge on any atom is -0.404 e. The number of benzene rings is 2. The third-order valence-electron chi connectivity index (χ3n) is 3.42. The molecule has 0 saturated carbocycles. The van der Waals surface area contributed by atoms with Gasteiger partial charge in [-0.15, -0.1) is 23.4 Å². The first-order valence-electron chi connectivity index (χ1n) is 7.76. The number of ether oxygens (including phenoxy) is 1. The number of carbonyl (C=O) groups excluding carboxylic acids is 1. The molecular formula is C17H14F3N5O2. The third-order valence-corrected chi connectivity index (χ3v) is 3.42. The van der Waals surface area contributed by atoms with Crippen LogP contribution in [0.15, 0.2) is 60.9 Å². The maximum Gasteiger partial charge on any atom is 0.573 e. The van der Waals surface area contributed by atoms with Gasteiger partial charge < -0.3 is 15.4 Å². The van der Waals surface area contributed by atoms with Crippen LogP contribution in [0.2, 0.25) is 0 Å². The maximum absolute atomic E-state index is 12.4. The van der Waals surface area contributed by atoms with E-state index in [1.807, 2.05) is 30.3 Å². The van der Waals surface area contributed by atoms with Crippen molar-refractivity contribution in [2.24, 2.45) is 0 Å². The number of halogens is 3. The van der Waals surface area contributed by atoms with Gasteiger partial charge in [0.05, 0.1) is 12.2 Å². The Balaban J connectivity index is 1.65. The Hall–Kier alpha value is -3.56. The fraction of sp³-hybridized carbons (Fsp3) is 0.118. The number of carbonyl (C=O) groups is 1. The van der Waals surface area contributed by atoms with Crippen LogP contribution >= 0.6 is 0 Å². The second kappa shape index (κ2) is 7.77. The molecule has 0 aliphatic rings. The highest BCUT2D eigenvalue weighted by Gasteiger charge is 2.32. The normalized spacial score (nSPS) is 11.1. The predicted molar refractivity (Wildman–Crippen MR) is 90.3 cm³/mol. The minimum absolute atomic E-state index is 0.0169. The first kappa shape index (κ1) is 18.2. The van der Waals surface area contributed by atoms with E-state index in [2.05, 4.69) is 25.6 Å². The maximum atomic E-state index is 12.4. The van der Waals surface area contributed by atoms with Crippen LogP contribution in [-0.2, 0) is 6.54 Å². The second-order valence-electron chi connectivity index (χ2n) is 5.30. The lowest BCUT2D eigenvalue weighted by Crippen LogP contribution is -2.30. The molecule has 7 nitrogen and oxygen atoms in total. The molecule has 0 bridgehead atoms. The predicted octanol–water partition coefficient (Wildman–Crippen LogP) is 3.49. The molecule has 2 N–H and O–H groups in total. The van der Waals surface area contributed by atoms with Gasteiger partial charge in [-0.3, -0.25) is 4.57 Å². The van der Waals surface area contributed by atoms with E-state index in [0.29, 0.717) is 5.82 Å². The standard InChI is InChI=1S/C17H14F3N5O2/c18-17(19,20)27-14-9-5-4-8-13(14)23-16(26)21-10-15-24-22-11-25(15)12-6-2-1-3-7-12/h1-9,11H,10H2,(H2,21,23,26). The van der Waals surface area contributed by atoms with Crippen molar-refractivity contribution in [1.29, 1.82) is 0 Å². The van der Waals surface area contributed by atoms with Crippen LogP contribution in [0.3, 0.4) is 0 Å². The van der Waals surface area contributed by atoms with Gasteiger partial charge in [-0.05, 0) is 24.3 Å². The SMILES string of the molecule is O=C(NCc1nncn1-c1ccccc1)Nc1ccccc1OC(F)(F)F. The summed E-state index contributed by atoms with van der Waals surface area (Å²) in [6.45, 7) is 0.0169. The molecule has 0 unspecified atom stereocenters. The van der Waals surface area contributed by atoms with E-state index in [9.17, 15) is 18.0 Å². The molecule has 0 spiro atoms. The van der Waals surface area contributed by atoms with Gasteiger partial charge in [0, 0.05) is 5.69 Å². The molecule has 1 aromatic heterocycles. The molecule has 0 aliphatic heterocycles. The molecule has 10 heteroatoms. The number of aromatic nitrogens is 3. The van der Waals surface area contributed by atoms with E-state index in [1.54, 1.807) is 4.57 Å². The minimum atomic E-state index is -4.86. The second-order valence-corrected chi connectivity index (χ2v) is 5.30. The average molecular weight is 377 g/mol. The number of rotatable bonds is 5. The quantitative estimate of drug-likeness (QED) is 0.713. The van der Waals surface area contributed by atoms with Crippen LogP contribution in [0.5, 0.6) is 5.75 Å². The van der Waals surface area contributed by atoms with Crippen molar-refractivity contribution in [2.45, 2.75) is 12.9 Å². The molecule has 0 aliphatic carbocycles. The first-order chi connectivity index (χ1) is 12.9. The average Bonchev–Trinajstić information content (AvgIpc) is 3.10. The molecule has 3 aromatic rings. The Labute approximate surface area is 151 Å². The van der Waals surface area contributed by atoms with Crippen LogP contribution in [0, 0.1) is 0 Å². The van der Waals surface area contributed by atoms with Crippen LogP contribution in [0.4, 0.5) is 23.7 Å². The summed E-state index contributed by atoms with van der Waals surface area (Å²) in [7, 11) is 0. The summed E-state index contributed by atoms with van der Waals surface area (Å²) in [6.07, 6.45) is -3.36. The smallest absolute Gasteiger partial charge is 0.404 e. The number of nitrogens with one attached hydrogen (secondary N) is 2. The van der Waals surface area contributed by atoms with E-state index in [0.717, 1.165) is 11.8 Å². The van der Waals surface area contributed by atoms with Gasteiger partial charge in [0.15, 0.2) is 11.6 Å². The molecule has 2 aromatic carbocycles. The topological polar surface area (TPSA) is 81.1 Å². The molecule has 0 atom stereocenters. The van der Waals surface area contributed by atoms with Crippen molar-refractivity contribution >= 4 is 11.7 Å². The zero-order valence-electron chi connectivity index (χ0n) is 13.8. The Morgan fingerprint density at radius 1 is 1.07 bits per heavy atom. The number of urea groups is 1. The molecule has 3 rings (SSSR count). The lowest BCUT2D eigenvalue weighted by molar-refractivity contribution is -0.274. The molecule has 0 radical (unpaired) electrons. The van der Waals surface area contributed by atoms with Crippen molar-refractivity contribution < 1.29 is 22.7 Å². The lowest BCUT2D eigenvalue weighted by atomic mass is 10.3. The Morgan fingerprint density at radius 3 is 2.52 bits per heavy atom. The van der Waals surface area contributed by atoms with Crippen molar-refractivity contribution in [1.82, 2.24) is 20.1 Å². The Morgan fingerprint density at radius 2 is 1.78 bits per heavy atom. The lowest BCUT2D eigenvalue weighted by Gasteiger charge is -2.14. The molecule has 140 valence electrons. The summed E-state index contributed by atoms with van der Waals surface area (Å²) in [4.78, 5) is 12.1. The highest BCUT2D eigenvalue weighted by Crippen LogP contribution is 2.29. The molecular weight excluding hydrogens is 363 g/mol. The Kier molecular flexibility index (Phi) is 5.25. The van der Waals surface area contributed by atoms with Gasteiger partial charge in [0.2, 0.25) is 0 Å². The zero-order valence-corrected chi connectivity index (χ0v) is 13.8. The van der Waals surface area contributed by atoms with Crippen molar-refractivity contribution in [3.63, 3.8) is 0 Å². The fourth-order valence-corrected chi connectivity index (χ4v) is 2.29. The monoisotopic (exact) mass is 377 g/mol. The number of nitrogens with zero attached hydrogens (tertiary/aromatic N) is 3. The van der Waals surface area contributed by atoms with Gasteiger partial charge in [0.1, 0.15) is 6.33 Å². The van der Waals surface area contributed by atoms with Gasteiger partial charge in [-0.1, -0.05) is 30.3 Å². The number of para-hydroxylation sites is 3. The highest BCUT2D eigenvalue weighted by molar-refractivity contribution is 5.90. The highest BCUT2D eigenvalue weighted by atomic mass is 19.4. The van der Waals surface area contributed by atoms with E-state index >= 15 is 0 Å². The number of amides is 2. The molecule has 1 heterocycles. The van der Waals surface area contributed by atoms with Gasteiger partial charge in [-0.25, -0.2) is 4.79 Å². The van der Waals surface area contributed by atoms with Gasteiger partial charge in [-0.2, -0.15) is 0 Å². The summed E-state index contributed by atoms with van der Waals surface area (Å²) in [5.41, 5.74) is 0.695. The molecule has 2 amide bonds. The molecule has 0 saturated heterocycles. The first-order valence-corrected chi connectivity index (χ1v) is 7.76. The van der Waals surface area contributed by atoms with Crippen LogP contribution < -0.4 is 15.4 Å². The van der Waals surface area contributed by atoms with Gasteiger partial charge >= 0.3 is 12.4 Å².